The zero-order valence-corrected chi connectivity index (χ0v) is 8.40. The van der Waals surface area contributed by atoms with Crippen LogP contribution in [-0.4, -0.2) is 18.2 Å². The predicted octanol–water partition coefficient (Wildman–Crippen LogP) is 2.31. The van der Waals surface area contributed by atoms with Gasteiger partial charge in [-0.15, -0.1) is 0 Å². The van der Waals surface area contributed by atoms with E-state index < -0.39 is 6.09 Å². The first kappa shape index (κ1) is 9.51. The van der Waals surface area contributed by atoms with Gasteiger partial charge in [0.1, 0.15) is 5.52 Å². The number of methoxy groups -OCH3 is 1. The molecule has 1 aromatic heterocycles. The minimum Gasteiger partial charge on any atom is -0.453 e. The molecule has 0 radical (unpaired) electrons. The number of oxazole rings is 1. The van der Waals surface area contributed by atoms with Gasteiger partial charge in [-0.3, -0.25) is 0 Å². The standard InChI is InChI=1S/C10H10N2O3/c1-6-3-4-7-8(5-6)15-9(11-7)12-10(13)14-2/h3-5H,1-2H3,(H,11,12,13). The maximum absolute atomic E-state index is 10.9. The van der Waals surface area contributed by atoms with Crippen LogP contribution >= 0.6 is 0 Å². The van der Waals surface area contributed by atoms with E-state index in [0.717, 1.165) is 5.56 Å². The van der Waals surface area contributed by atoms with E-state index in [1.807, 2.05) is 25.1 Å². The number of rotatable bonds is 1. The van der Waals surface area contributed by atoms with Crippen LogP contribution in [0.25, 0.3) is 11.1 Å². The monoisotopic (exact) mass is 206 g/mol. The Morgan fingerprint density at radius 3 is 3.07 bits per heavy atom. The Morgan fingerprint density at radius 1 is 1.53 bits per heavy atom. The summed E-state index contributed by atoms with van der Waals surface area (Å²) in [6, 6.07) is 5.75. The lowest BCUT2D eigenvalue weighted by Crippen LogP contribution is -2.10. The molecule has 0 aliphatic carbocycles. The molecule has 0 unspecified atom stereocenters. The molecule has 0 saturated heterocycles. The normalized spacial score (nSPS) is 10.3. The number of hydrogen-bond acceptors (Lipinski definition) is 4. The second-order valence-electron chi connectivity index (χ2n) is 3.11. The smallest absolute Gasteiger partial charge is 0.414 e. The Labute approximate surface area is 86.0 Å². The van der Waals surface area contributed by atoms with Gasteiger partial charge in [0, 0.05) is 0 Å². The fourth-order valence-corrected chi connectivity index (χ4v) is 1.22. The Bertz CT molecular complexity index is 504. The van der Waals surface area contributed by atoms with Crippen LogP contribution in [0.2, 0.25) is 0 Å². The van der Waals surface area contributed by atoms with Crippen molar-refractivity contribution in [1.29, 1.82) is 0 Å². The highest BCUT2D eigenvalue weighted by molar-refractivity contribution is 5.84. The number of anilines is 1. The number of benzene rings is 1. The minimum atomic E-state index is -0.599. The van der Waals surface area contributed by atoms with E-state index in [1.165, 1.54) is 7.11 Å². The van der Waals surface area contributed by atoms with Gasteiger partial charge < -0.3 is 9.15 Å². The Kier molecular flexibility index (Phi) is 2.29. The highest BCUT2D eigenvalue weighted by Gasteiger charge is 2.08. The molecule has 1 heterocycles. The SMILES string of the molecule is COC(=O)Nc1nc2ccc(C)cc2o1. The second-order valence-corrected chi connectivity index (χ2v) is 3.11. The van der Waals surface area contributed by atoms with Crippen molar-refractivity contribution in [3.05, 3.63) is 23.8 Å². The number of amides is 1. The number of hydrogen-bond donors (Lipinski definition) is 1. The first-order valence-corrected chi connectivity index (χ1v) is 4.41. The van der Waals surface area contributed by atoms with Crippen LogP contribution in [0.15, 0.2) is 22.6 Å². The van der Waals surface area contributed by atoms with E-state index in [2.05, 4.69) is 15.0 Å². The number of aromatic nitrogens is 1. The van der Waals surface area contributed by atoms with Crippen LogP contribution in [0.1, 0.15) is 5.56 Å². The van der Waals surface area contributed by atoms with Gasteiger partial charge in [0.05, 0.1) is 7.11 Å². The molecule has 0 bridgehead atoms. The molecule has 0 spiro atoms. The van der Waals surface area contributed by atoms with Gasteiger partial charge >= 0.3 is 12.1 Å². The minimum absolute atomic E-state index is 0.141. The summed E-state index contributed by atoms with van der Waals surface area (Å²) in [4.78, 5) is 15.0. The lowest BCUT2D eigenvalue weighted by Gasteiger charge is -1.95. The summed E-state index contributed by atoms with van der Waals surface area (Å²) >= 11 is 0. The molecule has 1 amide bonds. The summed E-state index contributed by atoms with van der Waals surface area (Å²) in [6.45, 7) is 1.95. The van der Waals surface area contributed by atoms with Gasteiger partial charge in [0.2, 0.25) is 0 Å². The third-order valence-electron chi connectivity index (χ3n) is 1.94. The molecule has 0 fully saturated rings. The first-order valence-electron chi connectivity index (χ1n) is 4.41. The number of aryl methyl sites for hydroxylation is 1. The number of carbonyl (C=O) groups excluding carboxylic acids is 1. The molecule has 5 heteroatoms. The van der Waals surface area contributed by atoms with E-state index >= 15 is 0 Å². The van der Waals surface area contributed by atoms with E-state index in [1.54, 1.807) is 0 Å². The summed E-state index contributed by atoms with van der Waals surface area (Å²) in [5.74, 6) is 0. The van der Waals surface area contributed by atoms with Gasteiger partial charge in [-0.05, 0) is 24.6 Å². The summed E-state index contributed by atoms with van der Waals surface area (Å²) in [7, 11) is 1.28. The topological polar surface area (TPSA) is 64.4 Å². The maximum atomic E-state index is 10.9. The Balaban J connectivity index is 2.34. The molecule has 5 nitrogen and oxygen atoms in total. The molecule has 15 heavy (non-hydrogen) atoms. The number of carbonyl (C=O) groups is 1. The average molecular weight is 206 g/mol. The molecule has 0 aliphatic heterocycles. The van der Waals surface area contributed by atoms with Crippen LogP contribution in [0, 0.1) is 6.92 Å². The molecule has 2 aromatic rings. The van der Waals surface area contributed by atoms with Crippen molar-refractivity contribution in [2.75, 3.05) is 12.4 Å². The summed E-state index contributed by atoms with van der Waals surface area (Å²) in [5, 5.41) is 2.36. The summed E-state index contributed by atoms with van der Waals surface area (Å²) in [5.41, 5.74) is 2.41. The van der Waals surface area contributed by atoms with Crippen molar-refractivity contribution >= 4 is 23.2 Å². The summed E-state index contributed by atoms with van der Waals surface area (Å²) in [6.07, 6.45) is -0.599. The number of fused-ring (bicyclic) bond motifs is 1. The molecule has 78 valence electrons. The van der Waals surface area contributed by atoms with Gasteiger partial charge in [-0.1, -0.05) is 6.07 Å². The third-order valence-corrected chi connectivity index (χ3v) is 1.94. The van der Waals surface area contributed by atoms with Gasteiger partial charge in [0.15, 0.2) is 5.58 Å². The van der Waals surface area contributed by atoms with Crippen LogP contribution < -0.4 is 5.32 Å². The van der Waals surface area contributed by atoms with Crippen LogP contribution in [0.5, 0.6) is 0 Å². The maximum Gasteiger partial charge on any atom is 0.414 e. The van der Waals surface area contributed by atoms with Crippen molar-refractivity contribution in [2.45, 2.75) is 6.92 Å². The molecular weight excluding hydrogens is 196 g/mol. The first-order chi connectivity index (χ1) is 7.19. The fraction of sp³-hybridized carbons (Fsp3) is 0.200. The zero-order valence-electron chi connectivity index (χ0n) is 8.40. The zero-order chi connectivity index (χ0) is 10.8. The molecule has 2 rings (SSSR count). The Hall–Kier alpha value is -2.04. The van der Waals surface area contributed by atoms with Gasteiger partial charge in [0.25, 0.3) is 0 Å². The average Bonchev–Trinajstić information content (AvgIpc) is 2.59. The second kappa shape index (κ2) is 3.61. The van der Waals surface area contributed by atoms with Crippen LogP contribution in [0.3, 0.4) is 0 Å². The fourth-order valence-electron chi connectivity index (χ4n) is 1.22. The molecule has 0 aliphatic rings. The molecule has 1 aromatic carbocycles. The number of ether oxygens (including phenoxy) is 1. The van der Waals surface area contributed by atoms with E-state index in [9.17, 15) is 4.79 Å². The van der Waals surface area contributed by atoms with Crippen molar-refractivity contribution < 1.29 is 13.9 Å². The van der Waals surface area contributed by atoms with Crippen LogP contribution in [0.4, 0.5) is 10.8 Å². The molecular formula is C10H10N2O3. The molecule has 1 N–H and O–H groups in total. The van der Waals surface area contributed by atoms with E-state index in [-0.39, 0.29) is 6.01 Å². The Morgan fingerprint density at radius 2 is 2.33 bits per heavy atom. The van der Waals surface area contributed by atoms with E-state index in [4.69, 9.17) is 4.42 Å². The number of nitrogens with zero attached hydrogens (tertiary/aromatic N) is 1. The lowest BCUT2D eigenvalue weighted by atomic mass is 10.2. The van der Waals surface area contributed by atoms with Crippen molar-refractivity contribution in [1.82, 2.24) is 4.98 Å². The molecule has 0 saturated carbocycles. The quantitative estimate of drug-likeness (QED) is 0.777. The van der Waals surface area contributed by atoms with Crippen molar-refractivity contribution in [3.63, 3.8) is 0 Å². The van der Waals surface area contributed by atoms with Gasteiger partial charge in [-0.2, -0.15) is 4.98 Å². The van der Waals surface area contributed by atoms with E-state index in [0.29, 0.717) is 11.1 Å². The van der Waals surface area contributed by atoms with Crippen molar-refractivity contribution in [3.8, 4) is 0 Å². The predicted molar refractivity (Wildman–Crippen MR) is 54.8 cm³/mol. The van der Waals surface area contributed by atoms with Crippen LogP contribution in [-0.2, 0) is 4.74 Å². The largest absolute Gasteiger partial charge is 0.453 e. The molecule has 0 atom stereocenters. The highest BCUT2D eigenvalue weighted by Crippen LogP contribution is 2.19. The third kappa shape index (κ3) is 1.90. The van der Waals surface area contributed by atoms with Crippen molar-refractivity contribution in [2.24, 2.45) is 0 Å². The summed E-state index contributed by atoms with van der Waals surface area (Å²) < 4.78 is 9.72. The highest BCUT2D eigenvalue weighted by atomic mass is 16.5. The van der Waals surface area contributed by atoms with Gasteiger partial charge in [-0.25, -0.2) is 10.1 Å². The number of nitrogens with one attached hydrogen (secondary N) is 1. The lowest BCUT2D eigenvalue weighted by molar-refractivity contribution is 0.186.